The molecule has 1 aliphatic heterocycles. The van der Waals surface area contributed by atoms with Crippen LogP contribution in [0.3, 0.4) is 0 Å². The van der Waals surface area contributed by atoms with E-state index in [0.717, 1.165) is 43.5 Å². The number of aromatic nitrogens is 4. The Bertz CT molecular complexity index is 1470. The highest BCUT2D eigenvalue weighted by atomic mass is 16.1. The van der Waals surface area contributed by atoms with Crippen molar-refractivity contribution in [1.82, 2.24) is 20.2 Å². The van der Waals surface area contributed by atoms with E-state index in [-0.39, 0.29) is 17.0 Å². The second-order valence-corrected chi connectivity index (χ2v) is 9.68. The predicted molar refractivity (Wildman–Crippen MR) is 135 cm³/mol. The van der Waals surface area contributed by atoms with Gasteiger partial charge in [-0.15, -0.1) is 0 Å². The number of hydrogen-bond donors (Lipinski definition) is 3. The molecule has 2 aromatic heterocycles. The second kappa shape index (κ2) is 7.67. The minimum atomic E-state index is -0.205. The molecule has 1 spiro atoms. The van der Waals surface area contributed by atoms with E-state index in [0.29, 0.717) is 28.2 Å². The number of rotatable bonds is 3. The molecule has 0 unspecified atom stereocenters. The Morgan fingerprint density at radius 3 is 2.65 bits per heavy atom. The summed E-state index contributed by atoms with van der Waals surface area (Å²) in [7, 11) is 0. The number of piperidine rings is 1. The van der Waals surface area contributed by atoms with Crippen LogP contribution in [0.2, 0.25) is 0 Å². The average Bonchev–Trinajstić information content (AvgIpc) is 3.39. The minimum Gasteiger partial charge on any atom is -0.342 e. The van der Waals surface area contributed by atoms with Gasteiger partial charge in [-0.2, -0.15) is 10.1 Å². The molecule has 0 bridgehead atoms. The Labute approximate surface area is 197 Å². The average molecular weight is 453 g/mol. The van der Waals surface area contributed by atoms with Crippen molar-refractivity contribution in [1.29, 1.82) is 0 Å². The molecular weight excluding hydrogens is 424 g/mol. The molecule has 1 fully saturated rings. The van der Waals surface area contributed by atoms with Crippen molar-refractivity contribution in [3.8, 4) is 0 Å². The number of nitrogens with zero attached hydrogens (tertiary/aromatic N) is 3. The van der Waals surface area contributed by atoms with E-state index < -0.39 is 0 Å². The molecule has 1 atom stereocenters. The van der Waals surface area contributed by atoms with Gasteiger partial charge in [-0.05, 0) is 53.9 Å². The fourth-order valence-electron chi connectivity index (χ4n) is 5.80. The van der Waals surface area contributed by atoms with Gasteiger partial charge in [0.05, 0.1) is 0 Å². The number of aromatic amines is 2. The lowest BCUT2D eigenvalue weighted by atomic mass is 9.73. The summed E-state index contributed by atoms with van der Waals surface area (Å²) >= 11 is 0. The number of fused-ring (bicyclic) bond motifs is 2. The van der Waals surface area contributed by atoms with Gasteiger partial charge in [-0.1, -0.05) is 55.1 Å². The Balaban J connectivity index is 1.27. The van der Waals surface area contributed by atoms with Gasteiger partial charge in [-0.3, -0.25) is 14.9 Å². The van der Waals surface area contributed by atoms with Crippen molar-refractivity contribution in [2.45, 2.75) is 32.2 Å². The lowest BCUT2D eigenvalue weighted by Crippen LogP contribution is -2.45. The standard InChI is InChI=1S/C27H28N6O/c1-16-7-3-5-9-19(16)17(2)22-21-24(32-31-22)29-26(30-25(21)34)33-13-11-27(12-14-33)15-18-8-4-6-10-20(18)23(27)28/h3-10,23H,2,11-15,28H2,1H3,(H2,29,30,31,32,34)/t23-/m1/s1. The van der Waals surface area contributed by atoms with E-state index in [1.165, 1.54) is 11.1 Å². The third-order valence-electron chi connectivity index (χ3n) is 7.82. The maximum Gasteiger partial charge on any atom is 0.264 e. The van der Waals surface area contributed by atoms with Gasteiger partial charge >= 0.3 is 0 Å². The first-order valence-corrected chi connectivity index (χ1v) is 11.8. The normalized spacial score (nSPS) is 19.0. The molecule has 0 amide bonds. The van der Waals surface area contributed by atoms with Crippen molar-refractivity contribution >= 4 is 22.6 Å². The first-order valence-electron chi connectivity index (χ1n) is 11.8. The zero-order valence-electron chi connectivity index (χ0n) is 19.3. The molecule has 3 heterocycles. The van der Waals surface area contributed by atoms with Crippen molar-refractivity contribution in [2.24, 2.45) is 11.1 Å². The highest BCUT2D eigenvalue weighted by Crippen LogP contribution is 2.50. The van der Waals surface area contributed by atoms with Crippen LogP contribution in [0.5, 0.6) is 0 Å². The quantitative estimate of drug-likeness (QED) is 0.438. The highest BCUT2D eigenvalue weighted by molar-refractivity contribution is 5.92. The van der Waals surface area contributed by atoms with Crippen LogP contribution in [-0.4, -0.2) is 33.3 Å². The van der Waals surface area contributed by atoms with Crippen molar-refractivity contribution < 1.29 is 0 Å². The van der Waals surface area contributed by atoms with Crippen LogP contribution < -0.4 is 16.2 Å². The molecule has 6 rings (SSSR count). The number of nitrogens with two attached hydrogens (primary N) is 1. The first kappa shape index (κ1) is 20.9. The third kappa shape index (κ3) is 3.11. The molecule has 1 saturated heterocycles. The molecule has 4 N–H and O–H groups in total. The first-order chi connectivity index (χ1) is 16.5. The van der Waals surface area contributed by atoms with Crippen LogP contribution in [0.1, 0.15) is 46.8 Å². The smallest absolute Gasteiger partial charge is 0.264 e. The molecule has 34 heavy (non-hydrogen) atoms. The molecule has 172 valence electrons. The van der Waals surface area contributed by atoms with Crippen LogP contribution in [0.25, 0.3) is 16.6 Å². The molecule has 0 radical (unpaired) electrons. The molecule has 0 saturated carbocycles. The number of H-pyrrole nitrogens is 2. The monoisotopic (exact) mass is 452 g/mol. The summed E-state index contributed by atoms with van der Waals surface area (Å²) in [6.45, 7) is 7.83. The zero-order valence-corrected chi connectivity index (χ0v) is 19.3. The second-order valence-electron chi connectivity index (χ2n) is 9.68. The van der Waals surface area contributed by atoms with Crippen LogP contribution in [-0.2, 0) is 6.42 Å². The number of hydrogen-bond acceptors (Lipinski definition) is 5. The molecular formula is C27H28N6O. The number of aryl methyl sites for hydroxylation is 1. The third-order valence-corrected chi connectivity index (χ3v) is 7.82. The Kier molecular flexibility index (Phi) is 4.71. The number of anilines is 1. The van der Waals surface area contributed by atoms with E-state index in [1.54, 1.807) is 0 Å². The maximum atomic E-state index is 13.2. The summed E-state index contributed by atoms with van der Waals surface area (Å²) in [5.74, 6) is 0.577. The van der Waals surface area contributed by atoms with Gasteiger partial charge in [0.1, 0.15) is 11.1 Å². The lowest BCUT2D eigenvalue weighted by Gasteiger charge is -2.42. The van der Waals surface area contributed by atoms with Crippen LogP contribution in [0, 0.1) is 12.3 Å². The number of nitrogens with one attached hydrogen (secondary N) is 2. The number of benzene rings is 2. The van der Waals surface area contributed by atoms with Crippen molar-refractivity contribution in [3.63, 3.8) is 0 Å². The Hall–Kier alpha value is -3.71. The van der Waals surface area contributed by atoms with Gasteiger partial charge in [0.25, 0.3) is 5.56 Å². The van der Waals surface area contributed by atoms with E-state index in [4.69, 9.17) is 10.7 Å². The summed E-state index contributed by atoms with van der Waals surface area (Å²) in [6, 6.07) is 16.5. The summed E-state index contributed by atoms with van der Waals surface area (Å²) in [5, 5.41) is 7.81. The van der Waals surface area contributed by atoms with Crippen molar-refractivity contribution in [3.05, 3.63) is 93.4 Å². The van der Waals surface area contributed by atoms with Gasteiger partial charge in [0.2, 0.25) is 5.95 Å². The van der Waals surface area contributed by atoms with E-state index in [2.05, 4.69) is 50.9 Å². The zero-order chi connectivity index (χ0) is 23.4. The lowest BCUT2D eigenvalue weighted by molar-refractivity contribution is 0.187. The van der Waals surface area contributed by atoms with Crippen LogP contribution >= 0.6 is 0 Å². The molecule has 2 aromatic carbocycles. The fourth-order valence-corrected chi connectivity index (χ4v) is 5.80. The SMILES string of the molecule is C=C(c1ccccc1C)c1n[nH]c2nc(N3CCC4(CC3)Cc3ccccc3[C@H]4N)[nH]c(=O)c12. The molecule has 4 aromatic rings. The van der Waals surface area contributed by atoms with Gasteiger partial charge in [0.15, 0.2) is 5.65 Å². The van der Waals surface area contributed by atoms with Crippen LogP contribution in [0.4, 0.5) is 5.95 Å². The van der Waals surface area contributed by atoms with E-state index in [1.807, 2.05) is 31.2 Å². The largest absolute Gasteiger partial charge is 0.342 e. The molecule has 7 nitrogen and oxygen atoms in total. The summed E-state index contributed by atoms with van der Waals surface area (Å²) in [6.07, 6.45) is 2.94. The summed E-state index contributed by atoms with van der Waals surface area (Å²) in [5.41, 5.74) is 13.0. The van der Waals surface area contributed by atoms with Gasteiger partial charge < -0.3 is 10.6 Å². The molecule has 7 heteroatoms. The topological polar surface area (TPSA) is 104 Å². The molecule has 1 aliphatic carbocycles. The maximum absolute atomic E-state index is 13.2. The van der Waals surface area contributed by atoms with Crippen LogP contribution in [0.15, 0.2) is 59.9 Å². The summed E-state index contributed by atoms with van der Waals surface area (Å²) in [4.78, 5) is 23.0. The highest BCUT2D eigenvalue weighted by Gasteiger charge is 2.46. The molecule has 2 aliphatic rings. The predicted octanol–water partition coefficient (Wildman–Crippen LogP) is 3.86. The summed E-state index contributed by atoms with van der Waals surface area (Å²) < 4.78 is 0. The fraction of sp³-hybridized carbons (Fsp3) is 0.296. The van der Waals surface area contributed by atoms with E-state index >= 15 is 0 Å². The van der Waals surface area contributed by atoms with E-state index in [9.17, 15) is 4.79 Å². The van der Waals surface area contributed by atoms with Gasteiger partial charge in [-0.25, -0.2) is 0 Å². The van der Waals surface area contributed by atoms with Gasteiger partial charge in [0, 0.05) is 24.7 Å². The van der Waals surface area contributed by atoms with Crippen molar-refractivity contribution in [2.75, 3.05) is 18.0 Å². The Morgan fingerprint density at radius 2 is 1.88 bits per heavy atom. The minimum absolute atomic E-state index is 0.0583. The Morgan fingerprint density at radius 1 is 1.15 bits per heavy atom.